The number of ether oxygens (including phenoxy) is 2. The van der Waals surface area contributed by atoms with Crippen LogP contribution in [0.3, 0.4) is 0 Å². The zero-order valence-electron chi connectivity index (χ0n) is 14.2. The zero-order chi connectivity index (χ0) is 18.5. The molecule has 0 unspecified atom stereocenters. The summed E-state index contributed by atoms with van der Waals surface area (Å²) in [5.41, 5.74) is 0. The third-order valence-electron chi connectivity index (χ3n) is 3.51. The van der Waals surface area contributed by atoms with E-state index in [0.29, 0.717) is 12.6 Å². The van der Waals surface area contributed by atoms with Gasteiger partial charge in [0.1, 0.15) is 6.61 Å². The highest BCUT2D eigenvalue weighted by Gasteiger charge is 2.12. The standard InChI is InChI=1S/C16H21NO2.C2H2O4/c1-18-15-10-4-5-11-16(15)19-13-7-6-12-17-14-8-2-3-9-14;3-1(4)2(5)6/h4-5,10-11,14,17H,2-3,8-9,12-13H2,1H3;(H,3,4)(H,5,6). The Morgan fingerprint density at radius 1 is 1.12 bits per heavy atom. The van der Waals surface area contributed by atoms with Crippen molar-refractivity contribution in [2.24, 2.45) is 0 Å². The summed E-state index contributed by atoms with van der Waals surface area (Å²) in [4.78, 5) is 18.2. The van der Waals surface area contributed by atoms with Crippen molar-refractivity contribution in [3.05, 3.63) is 24.3 Å². The summed E-state index contributed by atoms with van der Waals surface area (Å²) in [6.07, 6.45) is 5.28. The molecule has 25 heavy (non-hydrogen) atoms. The third kappa shape index (κ3) is 8.63. The van der Waals surface area contributed by atoms with Gasteiger partial charge in [-0.1, -0.05) is 36.8 Å². The summed E-state index contributed by atoms with van der Waals surface area (Å²) in [7, 11) is 1.64. The van der Waals surface area contributed by atoms with E-state index in [1.54, 1.807) is 7.11 Å². The lowest BCUT2D eigenvalue weighted by atomic mass is 10.2. The van der Waals surface area contributed by atoms with Crippen LogP contribution in [-0.2, 0) is 9.59 Å². The fraction of sp³-hybridized carbons (Fsp3) is 0.444. The van der Waals surface area contributed by atoms with Gasteiger partial charge in [-0.05, 0) is 25.0 Å². The number of methoxy groups -OCH3 is 1. The maximum atomic E-state index is 9.10. The first-order valence-electron chi connectivity index (χ1n) is 7.95. The second-order valence-corrected chi connectivity index (χ2v) is 5.27. The molecule has 3 N–H and O–H groups in total. The van der Waals surface area contributed by atoms with Gasteiger partial charge in [-0.15, -0.1) is 0 Å². The van der Waals surface area contributed by atoms with Gasteiger partial charge in [-0.25, -0.2) is 9.59 Å². The van der Waals surface area contributed by atoms with Gasteiger partial charge in [0, 0.05) is 6.04 Å². The lowest BCUT2D eigenvalue weighted by molar-refractivity contribution is -0.159. The van der Waals surface area contributed by atoms with Crippen LogP contribution < -0.4 is 14.8 Å². The number of benzene rings is 1. The zero-order valence-corrected chi connectivity index (χ0v) is 14.2. The fourth-order valence-corrected chi connectivity index (χ4v) is 2.29. The molecule has 1 saturated carbocycles. The van der Waals surface area contributed by atoms with Crippen molar-refractivity contribution in [3.63, 3.8) is 0 Å². The quantitative estimate of drug-likeness (QED) is 0.549. The van der Waals surface area contributed by atoms with E-state index in [9.17, 15) is 0 Å². The summed E-state index contributed by atoms with van der Waals surface area (Å²) in [5.74, 6) is 3.95. The molecule has 0 radical (unpaired) electrons. The number of para-hydroxylation sites is 2. The predicted molar refractivity (Wildman–Crippen MR) is 91.8 cm³/mol. The molecular weight excluding hydrogens is 326 g/mol. The average molecular weight is 349 g/mol. The van der Waals surface area contributed by atoms with Crippen LogP contribution in [0.1, 0.15) is 25.7 Å². The average Bonchev–Trinajstić information content (AvgIpc) is 3.12. The van der Waals surface area contributed by atoms with Crippen molar-refractivity contribution in [3.8, 4) is 23.3 Å². The van der Waals surface area contributed by atoms with Crippen LogP contribution in [0.4, 0.5) is 0 Å². The van der Waals surface area contributed by atoms with Crippen molar-refractivity contribution in [1.29, 1.82) is 0 Å². The second-order valence-electron chi connectivity index (χ2n) is 5.27. The molecule has 136 valence electrons. The number of carboxylic acids is 2. The Bertz CT molecular complexity index is 601. The molecule has 0 heterocycles. The molecule has 1 aromatic rings. The van der Waals surface area contributed by atoms with E-state index >= 15 is 0 Å². The van der Waals surface area contributed by atoms with Gasteiger partial charge < -0.3 is 25.0 Å². The van der Waals surface area contributed by atoms with Crippen molar-refractivity contribution >= 4 is 11.9 Å². The van der Waals surface area contributed by atoms with Crippen molar-refractivity contribution < 1.29 is 29.3 Å². The Labute approximate surface area is 146 Å². The number of hydrogen-bond donors (Lipinski definition) is 3. The molecule has 1 aromatic carbocycles. The van der Waals surface area contributed by atoms with Crippen LogP contribution in [0.15, 0.2) is 24.3 Å². The van der Waals surface area contributed by atoms with Crippen molar-refractivity contribution in [2.45, 2.75) is 31.7 Å². The molecule has 7 heteroatoms. The molecule has 0 aromatic heterocycles. The van der Waals surface area contributed by atoms with E-state index in [1.165, 1.54) is 25.7 Å². The maximum absolute atomic E-state index is 9.10. The molecule has 0 amide bonds. The molecule has 0 bridgehead atoms. The van der Waals surface area contributed by atoms with Gasteiger partial charge in [0.2, 0.25) is 0 Å². The molecule has 1 aliphatic rings. The first-order chi connectivity index (χ1) is 12.0. The highest BCUT2D eigenvalue weighted by molar-refractivity contribution is 6.27. The van der Waals surface area contributed by atoms with Crippen LogP contribution >= 0.6 is 0 Å². The normalized spacial score (nSPS) is 13.0. The first-order valence-corrected chi connectivity index (χ1v) is 7.95. The fourth-order valence-electron chi connectivity index (χ4n) is 2.29. The van der Waals surface area contributed by atoms with E-state index in [4.69, 9.17) is 29.3 Å². The van der Waals surface area contributed by atoms with Crippen LogP contribution in [0, 0.1) is 11.8 Å². The minimum Gasteiger partial charge on any atom is -0.493 e. The minimum absolute atomic E-state index is 0.396. The summed E-state index contributed by atoms with van der Waals surface area (Å²) in [5, 5.41) is 18.2. The number of carbonyl (C=O) groups is 2. The monoisotopic (exact) mass is 349 g/mol. The molecule has 1 fully saturated rings. The topological polar surface area (TPSA) is 105 Å². The molecule has 2 rings (SSSR count). The van der Waals surface area contributed by atoms with E-state index in [0.717, 1.165) is 18.0 Å². The Morgan fingerprint density at radius 2 is 1.72 bits per heavy atom. The van der Waals surface area contributed by atoms with Crippen molar-refractivity contribution in [2.75, 3.05) is 20.3 Å². The lowest BCUT2D eigenvalue weighted by Gasteiger charge is -2.08. The van der Waals surface area contributed by atoms with Gasteiger partial charge in [-0.2, -0.15) is 0 Å². The number of carboxylic acid groups (broad SMARTS) is 2. The van der Waals surface area contributed by atoms with Crippen molar-refractivity contribution in [1.82, 2.24) is 5.32 Å². The Kier molecular flexibility index (Phi) is 9.56. The van der Waals surface area contributed by atoms with Gasteiger partial charge in [-0.3, -0.25) is 0 Å². The predicted octanol–water partition coefficient (Wildman–Crippen LogP) is 1.77. The molecule has 0 spiro atoms. The van der Waals surface area contributed by atoms with Crippen LogP contribution in [0.25, 0.3) is 0 Å². The minimum atomic E-state index is -1.82. The SMILES string of the molecule is COc1ccccc1OCC#CCNC1CCCC1.O=C(O)C(=O)O. The molecule has 7 nitrogen and oxygen atoms in total. The lowest BCUT2D eigenvalue weighted by Crippen LogP contribution is -2.26. The molecule has 0 atom stereocenters. The summed E-state index contributed by atoms with van der Waals surface area (Å²) >= 11 is 0. The van der Waals surface area contributed by atoms with E-state index < -0.39 is 11.9 Å². The summed E-state index contributed by atoms with van der Waals surface area (Å²) < 4.78 is 10.8. The first kappa shape index (κ1) is 20.3. The highest BCUT2D eigenvalue weighted by Crippen LogP contribution is 2.25. The van der Waals surface area contributed by atoms with Gasteiger partial charge >= 0.3 is 11.9 Å². The number of hydrogen-bond acceptors (Lipinski definition) is 5. The van der Waals surface area contributed by atoms with Crippen LogP contribution in [0.2, 0.25) is 0 Å². The Hall–Kier alpha value is -2.72. The smallest absolute Gasteiger partial charge is 0.414 e. The Morgan fingerprint density at radius 3 is 2.28 bits per heavy atom. The number of rotatable bonds is 5. The van der Waals surface area contributed by atoms with Gasteiger partial charge in [0.25, 0.3) is 0 Å². The summed E-state index contributed by atoms with van der Waals surface area (Å²) in [6.45, 7) is 1.15. The van der Waals surface area contributed by atoms with Crippen LogP contribution in [-0.4, -0.2) is 48.5 Å². The second kappa shape index (κ2) is 11.8. The largest absolute Gasteiger partial charge is 0.493 e. The van der Waals surface area contributed by atoms with E-state index in [1.807, 2.05) is 24.3 Å². The molecule has 0 saturated heterocycles. The molecule has 0 aliphatic heterocycles. The van der Waals surface area contributed by atoms with Gasteiger partial charge in [0.05, 0.1) is 13.7 Å². The molecule has 1 aliphatic carbocycles. The third-order valence-corrected chi connectivity index (χ3v) is 3.51. The summed E-state index contributed by atoms with van der Waals surface area (Å²) in [6, 6.07) is 8.28. The number of nitrogens with one attached hydrogen (secondary N) is 1. The van der Waals surface area contributed by atoms with E-state index in [-0.39, 0.29) is 0 Å². The Balaban J connectivity index is 0.000000450. The highest BCUT2D eigenvalue weighted by atomic mass is 16.5. The maximum Gasteiger partial charge on any atom is 0.414 e. The molecular formula is C18H23NO6. The number of aliphatic carboxylic acids is 2. The van der Waals surface area contributed by atoms with E-state index in [2.05, 4.69) is 17.2 Å². The van der Waals surface area contributed by atoms with Crippen LogP contribution in [0.5, 0.6) is 11.5 Å². The van der Waals surface area contributed by atoms with Gasteiger partial charge in [0.15, 0.2) is 11.5 Å².